The Morgan fingerprint density at radius 2 is 2.16 bits per heavy atom. The molecule has 0 amide bonds. The second kappa shape index (κ2) is 6.52. The van der Waals surface area contributed by atoms with Gasteiger partial charge in [0, 0.05) is 24.3 Å². The number of aromatic nitrogens is 2. The quantitative estimate of drug-likeness (QED) is 0.792. The summed E-state index contributed by atoms with van der Waals surface area (Å²) < 4.78 is 1.68. The van der Waals surface area contributed by atoms with Crippen molar-refractivity contribution in [3.63, 3.8) is 0 Å². The Bertz CT molecular complexity index is 836. The van der Waals surface area contributed by atoms with Crippen molar-refractivity contribution in [3.05, 3.63) is 40.3 Å². The SMILES string of the molecule is Nc1nc(-c2cc(CC3CC3)ccc2O)cn(C2CCCNC2)c1=O. The molecule has 1 aromatic heterocycles. The minimum absolute atomic E-state index is 0.0185. The fourth-order valence-corrected chi connectivity index (χ4v) is 3.57. The predicted octanol–water partition coefficient (Wildman–Crippen LogP) is 2.08. The molecular weight excluding hydrogens is 316 g/mol. The van der Waals surface area contributed by atoms with E-state index in [1.54, 1.807) is 16.8 Å². The third-order valence-corrected chi connectivity index (χ3v) is 5.18. The molecular formula is C19H24N4O2. The van der Waals surface area contributed by atoms with Crippen LogP contribution in [-0.4, -0.2) is 27.7 Å². The van der Waals surface area contributed by atoms with Crippen LogP contribution in [0.5, 0.6) is 5.75 Å². The van der Waals surface area contributed by atoms with Gasteiger partial charge in [0.15, 0.2) is 5.82 Å². The maximum atomic E-state index is 12.4. The van der Waals surface area contributed by atoms with Crippen LogP contribution in [0, 0.1) is 5.92 Å². The van der Waals surface area contributed by atoms with Crippen LogP contribution in [0.4, 0.5) is 5.82 Å². The standard InChI is InChI=1S/C19H24N4O2/c20-18-19(25)23(14-2-1-7-21-10-14)11-16(22-18)15-9-13(5-6-17(15)24)8-12-3-4-12/h5-6,9,11-12,14,21,24H,1-4,7-8,10H2,(H2,20,22). The number of hydrogen-bond acceptors (Lipinski definition) is 5. The van der Waals surface area contributed by atoms with Gasteiger partial charge < -0.3 is 20.7 Å². The van der Waals surface area contributed by atoms with Gasteiger partial charge in [0.05, 0.1) is 5.69 Å². The molecule has 1 saturated carbocycles. The minimum atomic E-state index is -0.258. The van der Waals surface area contributed by atoms with Gasteiger partial charge in [-0.1, -0.05) is 6.07 Å². The van der Waals surface area contributed by atoms with E-state index >= 15 is 0 Å². The maximum absolute atomic E-state index is 12.4. The van der Waals surface area contributed by atoms with Crippen molar-refractivity contribution >= 4 is 5.82 Å². The fourth-order valence-electron chi connectivity index (χ4n) is 3.57. The highest BCUT2D eigenvalue weighted by Crippen LogP contribution is 2.35. The van der Waals surface area contributed by atoms with E-state index < -0.39 is 0 Å². The number of hydrogen-bond donors (Lipinski definition) is 3. The number of nitrogen functional groups attached to an aromatic ring is 1. The van der Waals surface area contributed by atoms with Crippen molar-refractivity contribution in [1.82, 2.24) is 14.9 Å². The molecule has 0 radical (unpaired) electrons. The number of benzene rings is 1. The summed E-state index contributed by atoms with van der Waals surface area (Å²) in [6.07, 6.45) is 7.28. The van der Waals surface area contributed by atoms with Crippen LogP contribution in [0.1, 0.15) is 37.3 Å². The molecule has 4 N–H and O–H groups in total. The summed E-state index contributed by atoms with van der Waals surface area (Å²) in [5, 5.41) is 13.6. The van der Waals surface area contributed by atoms with Crippen LogP contribution in [0.25, 0.3) is 11.3 Å². The Hall–Kier alpha value is -2.34. The molecule has 0 spiro atoms. The van der Waals surface area contributed by atoms with E-state index in [0.29, 0.717) is 11.3 Å². The molecule has 1 aliphatic carbocycles. The van der Waals surface area contributed by atoms with Crippen molar-refractivity contribution in [2.45, 2.75) is 38.1 Å². The second-order valence-corrected chi connectivity index (χ2v) is 7.22. The van der Waals surface area contributed by atoms with Gasteiger partial charge in [0.1, 0.15) is 5.75 Å². The van der Waals surface area contributed by atoms with Crippen LogP contribution in [0.15, 0.2) is 29.2 Å². The molecule has 1 aliphatic heterocycles. The molecule has 1 saturated heterocycles. The number of phenolic OH excluding ortho intramolecular Hbond substituents is 1. The largest absolute Gasteiger partial charge is 0.507 e. The first-order chi connectivity index (χ1) is 12.1. The highest BCUT2D eigenvalue weighted by atomic mass is 16.3. The lowest BCUT2D eigenvalue weighted by Crippen LogP contribution is -2.37. The lowest BCUT2D eigenvalue weighted by atomic mass is 10.0. The summed E-state index contributed by atoms with van der Waals surface area (Å²) in [5.74, 6) is 0.908. The molecule has 1 unspecified atom stereocenters. The van der Waals surface area contributed by atoms with Gasteiger partial charge in [-0.3, -0.25) is 4.79 Å². The normalized spacial score (nSPS) is 20.6. The minimum Gasteiger partial charge on any atom is -0.507 e. The molecule has 2 heterocycles. The van der Waals surface area contributed by atoms with E-state index in [1.807, 2.05) is 12.1 Å². The molecule has 1 aromatic carbocycles. The van der Waals surface area contributed by atoms with E-state index in [2.05, 4.69) is 10.3 Å². The van der Waals surface area contributed by atoms with Gasteiger partial charge >= 0.3 is 0 Å². The van der Waals surface area contributed by atoms with Gasteiger partial charge in [-0.15, -0.1) is 0 Å². The Kier molecular flexibility index (Phi) is 4.21. The van der Waals surface area contributed by atoms with Crippen molar-refractivity contribution in [1.29, 1.82) is 0 Å². The topological polar surface area (TPSA) is 93.2 Å². The Morgan fingerprint density at radius 3 is 2.88 bits per heavy atom. The van der Waals surface area contributed by atoms with Gasteiger partial charge in [-0.2, -0.15) is 0 Å². The van der Waals surface area contributed by atoms with E-state index in [1.165, 1.54) is 18.4 Å². The summed E-state index contributed by atoms with van der Waals surface area (Å²) in [7, 11) is 0. The van der Waals surface area contributed by atoms with Gasteiger partial charge in [0.2, 0.25) is 0 Å². The van der Waals surface area contributed by atoms with Crippen molar-refractivity contribution in [3.8, 4) is 17.0 Å². The fraction of sp³-hybridized carbons (Fsp3) is 0.474. The molecule has 2 fully saturated rings. The van der Waals surface area contributed by atoms with Crippen LogP contribution in [-0.2, 0) is 6.42 Å². The summed E-state index contributed by atoms with van der Waals surface area (Å²) in [6.45, 7) is 1.72. The second-order valence-electron chi connectivity index (χ2n) is 7.22. The summed E-state index contributed by atoms with van der Waals surface area (Å²) >= 11 is 0. The number of rotatable bonds is 4. The van der Waals surface area contributed by atoms with Crippen LogP contribution >= 0.6 is 0 Å². The van der Waals surface area contributed by atoms with Gasteiger partial charge in [-0.25, -0.2) is 4.98 Å². The molecule has 1 atom stereocenters. The first kappa shape index (κ1) is 16.1. The smallest absolute Gasteiger partial charge is 0.293 e. The van der Waals surface area contributed by atoms with Gasteiger partial charge in [-0.05, 0) is 62.3 Å². The summed E-state index contributed by atoms with van der Waals surface area (Å²) in [4.78, 5) is 16.7. The Labute approximate surface area is 146 Å². The molecule has 132 valence electrons. The lowest BCUT2D eigenvalue weighted by molar-refractivity contribution is 0.364. The third kappa shape index (κ3) is 3.39. The third-order valence-electron chi connectivity index (χ3n) is 5.18. The summed E-state index contributed by atoms with van der Waals surface area (Å²) in [5.41, 5.74) is 8.02. The molecule has 25 heavy (non-hydrogen) atoms. The highest BCUT2D eigenvalue weighted by molar-refractivity contribution is 5.68. The van der Waals surface area contributed by atoms with Crippen LogP contribution in [0.2, 0.25) is 0 Å². The number of nitrogens with one attached hydrogen (secondary N) is 1. The molecule has 6 heteroatoms. The first-order valence-electron chi connectivity index (χ1n) is 9.03. The monoisotopic (exact) mass is 340 g/mol. The molecule has 2 aliphatic rings. The zero-order valence-corrected chi connectivity index (χ0v) is 14.2. The Morgan fingerprint density at radius 1 is 1.32 bits per heavy atom. The maximum Gasteiger partial charge on any atom is 0.293 e. The molecule has 2 aromatic rings. The zero-order chi connectivity index (χ0) is 17.4. The Balaban J connectivity index is 1.74. The number of nitrogens with two attached hydrogens (primary N) is 1. The predicted molar refractivity (Wildman–Crippen MR) is 97.6 cm³/mol. The zero-order valence-electron chi connectivity index (χ0n) is 14.2. The van der Waals surface area contributed by atoms with Crippen LogP contribution in [0.3, 0.4) is 0 Å². The number of aromatic hydroxyl groups is 1. The number of phenols is 1. The van der Waals surface area contributed by atoms with E-state index in [9.17, 15) is 9.90 Å². The van der Waals surface area contributed by atoms with Crippen molar-refractivity contribution in [2.24, 2.45) is 5.92 Å². The van der Waals surface area contributed by atoms with E-state index in [-0.39, 0.29) is 23.2 Å². The van der Waals surface area contributed by atoms with Crippen LogP contribution < -0.4 is 16.6 Å². The lowest BCUT2D eigenvalue weighted by Gasteiger charge is -2.25. The number of anilines is 1. The summed E-state index contributed by atoms with van der Waals surface area (Å²) in [6, 6.07) is 5.72. The van der Waals surface area contributed by atoms with Crippen molar-refractivity contribution in [2.75, 3.05) is 18.8 Å². The average Bonchev–Trinajstić information content (AvgIpc) is 3.44. The van der Waals surface area contributed by atoms with E-state index in [4.69, 9.17) is 5.73 Å². The molecule has 0 bridgehead atoms. The first-order valence-corrected chi connectivity index (χ1v) is 9.03. The number of nitrogens with zero attached hydrogens (tertiary/aromatic N) is 2. The highest BCUT2D eigenvalue weighted by Gasteiger charge is 2.23. The van der Waals surface area contributed by atoms with Crippen molar-refractivity contribution < 1.29 is 5.11 Å². The molecule has 4 rings (SSSR count). The van der Waals surface area contributed by atoms with Gasteiger partial charge in [0.25, 0.3) is 5.56 Å². The average molecular weight is 340 g/mol. The molecule has 6 nitrogen and oxygen atoms in total. The van der Waals surface area contributed by atoms with E-state index in [0.717, 1.165) is 38.3 Å². The number of piperidine rings is 1.